The van der Waals surface area contributed by atoms with Crippen molar-refractivity contribution in [3.05, 3.63) is 46.4 Å². The third-order valence-electron chi connectivity index (χ3n) is 4.88. The van der Waals surface area contributed by atoms with Crippen LogP contribution in [-0.2, 0) is 9.53 Å². The van der Waals surface area contributed by atoms with E-state index in [4.69, 9.17) is 4.74 Å². The summed E-state index contributed by atoms with van der Waals surface area (Å²) in [5.74, 6) is 0.777. The monoisotopic (exact) mass is 316 g/mol. The molecule has 22 heavy (non-hydrogen) atoms. The van der Waals surface area contributed by atoms with Gasteiger partial charge in [-0.3, -0.25) is 4.79 Å². The number of allylic oxidation sites excluding steroid dienone is 1. The minimum Gasteiger partial charge on any atom is -0.384 e. The lowest BCUT2D eigenvalue weighted by Crippen LogP contribution is -2.16. The molecule has 0 aromatic heterocycles. The average Bonchev–Trinajstić information content (AvgIpc) is 2.95. The number of benzene rings is 1. The van der Waals surface area contributed by atoms with Crippen molar-refractivity contribution < 1.29 is 9.53 Å². The van der Waals surface area contributed by atoms with E-state index in [2.05, 4.69) is 24.3 Å². The van der Waals surface area contributed by atoms with Crippen LogP contribution in [0.5, 0.6) is 0 Å². The first kappa shape index (κ1) is 15.8. The molecular formula is C19H24O2S. The van der Waals surface area contributed by atoms with Crippen LogP contribution in [0.15, 0.2) is 40.8 Å². The van der Waals surface area contributed by atoms with Gasteiger partial charge in [-0.1, -0.05) is 49.6 Å². The number of aldehydes is 1. The molecule has 2 atom stereocenters. The first-order chi connectivity index (χ1) is 10.8. The van der Waals surface area contributed by atoms with Gasteiger partial charge in [0.1, 0.15) is 6.29 Å². The molecule has 2 unspecified atom stereocenters. The van der Waals surface area contributed by atoms with E-state index >= 15 is 0 Å². The van der Waals surface area contributed by atoms with Crippen molar-refractivity contribution in [1.82, 2.24) is 0 Å². The Labute approximate surface area is 137 Å². The summed E-state index contributed by atoms with van der Waals surface area (Å²) in [6.45, 7) is 0.622. The van der Waals surface area contributed by atoms with Crippen LogP contribution in [0.1, 0.15) is 42.9 Å². The van der Waals surface area contributed by atoms with Crippen LogP contribution >= 0.6 is 11.8 Å². The Bertz CT molecular complexity index is 532. The van der Waals surface area contributed by atoms with Crippen LogP contribution in [0.25, 0.3) is 0 Å². The quantitative estimate of drug-likeness (QED) is 0.732. The Morgan fingerprint density at radius 3 is 2.55 bits per heavy atom. The van der Waals surface area contributed by atoms with Gasteiger partial charge in [-0.2, -0.15) is 0 Å². The molecule has 2 aliphatic rings. The second kappa shape index (κ2) is 7.47. The summed E-state index contributed by atoms with van der Waals surface area (Å²) in [5, 5.41) is 0.318. The topological polar surface area (TPSA) is 26.3 Å². The SMILES string of the molecule is COCC1C(C=O)=C(C2CCCCC2)SC1c1ccccc1. The van der Waals surface area contributed by atoms with E-state index in [0.717, 1.165) is 11.9 Å². The van der Waals surface area contributed by atoms with Crippen LogP contribution < -0.4 is 0 Å². The summed E-state index contributed by atoms with van der Waals surface area (Å²) in [4.78, 5) is 13.1. The zero-order valence-electron chi connectivity index (χ0n) is 13.2. The van der Waals surface area contributed by atoms with Crippen molar-refractivity contribution >= 4 is 18.0 Å². The number of rotatable bonds is 5. The van der Waals surface area contributed by atoms with Crippen molar-refractivity contribution in [2.24, 2.45) is 11.8 Å². The fourth-order valence-electron chi connectivity index (χ4n) is 3.77. The predicted octanol–water partition coefficient (Wildman–Crippen LogP) is 4.77. The number of thioether (sulfide) groups is 1. The molecule has 1 aliphatic heterocycles. The molecule has 0 spiro atoms. The molecule has 1 saturated carbocycles. The number of carbonyl (C=O) groups excluding carboxylic acids is 1. The molecule has 3 rings (SSSR count). The molecule has 118 valence electrons. The van der Waals surface area contributed by atoms with E-state index in [1.807, 2.05) is 17.8 Å². The maximum absolute atomic E-state index is 11.8. The van der Waals surface area contributed by atoms with Crippen molar-refractivity contribution in [2.75, 3.05) is 13.7 Å². The number of carbonyl (C=O) groups is 1. The number of methoxy groups -OCH3 is 1. The molecule has 1 aromatic rings. The molecule has 1 aromatic carbocycles. The van der Waals surface area contributed by atoms with Gasteiger partial charge >= 0.3 is 0 Å². The zero-order chi connectivity index (χ0) is 15.4. The van der Waals surface area contributed by atoms with Crippen LogP contribution in [0.2, 0.25) is 0 Å². The maximum Gasteiger partial charge on any atom is 0.147 e. The molecule has 0 amide bonds. The van der Waals surface area contributed by atoms with Crippen molar-refractivity contribution in [3.8, 4) is 0 Å². The van der Waals surface area contributed by atoms with Crippen molar-refractivity contribution in [2.45, 2.75) is 37.4 Å². The second-order valence-corrected chi connectivity index (χ2v) is 7.47. The zero-order valence-corrected chi connectivity index (χ0v) is 14.0. The Balaban J connectivity index is 1.90. The van der Waals surface area contributed by atoms with Gasteiger partial charge in [0.05, 0.1) is 6.61 Å². The highest BCUT2D eigenvalue weighted by molar-refractivity contribution is 8.03. The van der Waals surface area contributed by atoms with Crippen LogP contribution in [-0.4, -0.2) is 20.0 Å². The largest absolute Gasteiger partial charge is 0.384 e. The van der Waals surface area contributed by atoms with Crippen molar-refractivity contribution in [3.63, 3.8) is 0 Å². The fraction of sp³-hybridized carbons (Fsp3) is 0.526. The summed E-state index contributed by atoms with van der Waals surface area (Å²) in [6.07, 6.45) is 7.51. The van der Waals surface area contributed by atoms with E-state index in [1.54, 1.807) is 7.11 Å². The Kier molecular flexibility index (Phi) is 5.37. The van der Waals surface area contributed by atoms with Gasteiger partial charge in [0.25, 0.3) is 0 Å². The predicted molar refractivity (Wildman–Crippen MR) is 91.8 cm³/mol. The molecule has 3 heteroatoms. The summed E-state index contributed by atoms with van der Waals surface area (Å²) in [5.41, 5.74) is 2.31. The van der Waals surface area contributed by atoms with Gasteiger partial charge in [-0.15, -0.1) is 11.8 Å². The molecule has 1 aliphatic carbocycles. The van der Waals surface area contributed by atoms with Crippen LogP contribution in [0.3, 0.4) is 0 Å². The van der Waals surface area contributed by atoms with Gasteiger partial charge in [-0.25, -0.2) is 0 Å². The normalized spacial score (nSPS) is 26.4. The molecule has 2 nitrogen and oxygen atoms in total. The smallest absolute Gasteiger partial charge is 0.147 e. The summed E-state index contributed by atoms with van der Waals surface area (Å²) < 4.78 is 5.44. The van der Waals surface area contributed by atoms with E-state index < -0.39 is 0 Å². The first-order valence-corrected chi connectivity index (χ1v) is 9.13. The highest BCUT2D eigenvalue weighted by atomic mass is 32.2. The second-order valence-electron chi connectivity index (χ2n) is 6.28. The van der Waals surface area contributed by atoms with E-state index in [0.29, 0.717) is 17.8 Å². The van der Waals surface area contributed by atoms with E-state index in [-0.39, 0.29) is 5.92 Å². The minimum atomic E-state index is 0.187. The standard InChI is InChI=1S/C19H24O2S/c1-21-13-17-16(12-20)18(14-8-4-2-5-9-14)22-19(17)15-10-6-3-7-11-15/h3,6-7,10-12,14,17,19H,2,4-5,8-9,13H2,1H3. The summed E-state index contributed by atoms with van der Waals surface area (Å²) >= 11 is 1.92. The maximum atomic E-state index is 11.8. The molecule has 1 heterocycles. The lowest BCUT2D eigenvalue weighted by atomic mass is 9.84. The molecule has 0 N–H and O–H groups in total. The number of hydrogen-bond acceptors (Lipinski definition) is 3. The summed E-state index contributed by atoms with van der Waals surface area (Å²) in [7, 11) is 1.73. The number of ether oxygens (including phenoxy) is 1. The fourth-order valence-corrected chi connectivity index (χ4v) is 5.49. The van der Waals surface area contributed by atoms with Gasteiger partial charge in [-0.05, 0) is 29.2 Å². The van der Waals surface area contributed by atoms with Gasteiger partial charge in [0.2, 0.25) is 0 Å². The molecule has 0 radical (unpaired) electrons. The van der Waals surface area contributed by atoms with E-state index in [1.165, 1.54) is 42.6 Å². The van der Waals surface area contributed by atoms with Gasteiger partial charge in [0, 0.05) is 23.9 Å². The third-order valence-corrected chi connectivity index (χ3v) is 6.56. The van der Waals surface area contributed by atoms with Gasteiger partial charge in [0.15, 0.2) is 0 Å². The molecule has 0 bridgehead atoms. The lowest BCUT2D eigenvalue weighted by molar-refractivity contribution is -0.105. The highest BCUT2D eigenvalue weighted by Crippen LogP contribution is 2.55. The third kappa shape index (κ3) is 3.16. The Morgan fingerprint density at radius 2 is 1.91 bits per heavy atom. The van der Waals surface area contributed by atoms with Crippen LogP contribution in [0.4, 0.5) is 0 Å². The Hall–Kier alpha value is -1.06. The lowest BCUT2D eigenvalue weighted by Gasteiger charge is -2.23. The van der Waals surface area contributed by atoms with Crippen LogP contribution in [0, 0.1) is 11.8 Å². The minimum absolute atomic E-state index is 0.187. The molecule has 1 fully saturated rings. The first-order valence-electron chi connectivity index (χ1n) is 8.25. The van der Waals surface area contributed by atoms with E-state index in [9.17, 15) is 4.79 Å². The Morgan fingerprint density at radius 1 is 1.18 bits per heavy atom. The molecule has 0 saturated heterocycles. The van der Waals surface area contributed by atoms with Crippen molar-refractivity contribution in [1.29, 1.82) is 0 Å². The van der Waals surface area contributed by atoms with Gasteiger partial charge < -0.3 is 4.74 Å². The average molecular weight is 316 g/mol. The highest BCUT2D eigenvalue weighted by Gasteiger charge is 2.39. The number of hydrogen-bond donors (Lipinski definition) is 0. The summed E-state index contributed by atoms with van der Waals surface area (Å²) in [6, 6.07) is 10.6. The molecular weight excluding hydrogens is 292 g/mol.